The average molecular weight is 361 g/mol. The lowest BCUT2D eigenvalue weighted by Gasteiger charge is -2.24. The van der Waals surface area contributed by atoms with E-state index in [0.717, 1.165) is 6.42 Å². The number of amides is 2. The predicted molar refractivity (Wildman–Crippen MR) is 107 cm³/mol. The quantitative estimate of drug-likeness (QED) is 0.759. The Labute approximate surface area is 159 Å². The molecule has 0 aliphatic carbocycles. The molecule has 2 amide bonds. The highest BCUT2D eigenvalue weighted by molar-refractivity contribution is 6.02. The first-order valence-electron chi connectivity index (χ1n) is 8.75. The molecule has 138 valence electrons. The molecule has 0 bridgehead atoms. The van der Waals surface area contributed by atoms with Crippen LogP contribution in [0.3, 0.4) is 0 Å². The molecule has 2 aromatic rings. The minimum absolute atomic E-state index is 0.146. The molecule has 0 saturated heterocycles. The fourth-order valence-electron chi connectivity index (χ4n) is 2.27. The summed E-state index contributed by atoms with van der Waals surface area (Å²) in [5, 5.41) is 14.8. The summed E-state index contributed by atoms with van der Waals surface area (Å²) < 4.78 is 0. The van der Waals surface area contributed by atoms with Crippen molar-refractivity contribution in [3.8, 4) is 6.07 Å². The lowest BCUT2D eigenvalue weighted by atomic mass is 10.0. The number of benzene rings is 2. The maximum Gasteiger partial charge on any atom is 0.251 e. The number of hydrogen-bond acceptors (Lipinski definition) is 3. The van der Waals surface area contributed by atoms with E-state index in [4.69, 9.17) is 5.26 Å². The van der Waals surface area contributed by atoms with E-state index in [9.17, 15) is 9.59 Å². The van der Waals surface area contributed by atoms with Crippen molar-refractivity contribution in [2.24, 2.45) is 0 Å². The van der Waals surface area contributed by atoms with Crippen molar-refractivity contribution in [3.63, 3.8) is 0 Å². The van der Waals surface area contributed by atoms with Crippen LogP contribution in [0.4, 0.5) is 5.69 Å². The van der Waals surface area contributed by atoms with Crippen LogP contribution in [-0.2, 0) is 4.79 Å². The van der Waals surface area contributed by atoms with Gasteiger partial charge in [0.15, 0.2) is 0 Å². The number of carbonyl (C=O) groups is 2. The molecule has 2 N–H and O–H groups in total. The molecule has 0 spiro atoms. The highest BCUT2D eigenvalue weighted by atomic mass is 16.2. The zero-order valence-corrected chi connectivity index (χ0v) is 15.7. The van der Waals surface area contributed by atoms with Crippen molar-refractivity contribution >= 4 is 23.6 Å². The third-order valence-electron chi connectivity index (χ3n) is 4.25. The van der Waals surface area contributed by atoms with Gasteiger partial charge in [-0.3, -0.25) is 9.59 Å². The molecule has 0 radical (unpaired) electrons. The molecule has 2 aromatic carbocycles. The Hall–Kier alpha value is -3.39. The largest absolute Gasteiger partial charge is 0.347 e. The van der Waals surface area contributed by atoms with Gasteiger partial charge in [0.05, 0.1) is 11.6 Å². The number of nitrogens with one attached hydrogen (secondary N) is 2. The van der Waals surface area contributed by atoms with Gasteiger partial charge >= 0.3 is 0 Å². The zero-order chi connectivity index (χ0) is 19.9. The van der Waals surface area contributed by atoms with Crippen molar-refractivity contribution in [2.45, 2.75) is 32.7 Å². The molecular formula is C22H23N3O2. The summed E-state index contributed by atoms with van der Waals surface area (Å²) in [5.41, 5.74) is 2.04. The number of carbonyl (C=O) groups excluding carboxylic acids is 2. The van der Waals surface area contributed by atoms with Crippen LogP contribution in [0.2, 0.25) is 0 Å². The van der Waals surface area contributed by atoms with E-state index in [1.807, 2.05) is 26.8 Å². The van der Waals surface area contributed by atoms with Crippen LogP contribution in [0, 0.1) is 11.3 Å². The van der Waals surface area contributed by atoms with Crippen LogP contribution in [0.1, 0.15) is 48.7 Å². The summed E-state index contributed by atoms with van der Waals surface area (Å²) in [4.78, 5) is 24.3. The van der Waals surface area contributed by atoms with Gasteiger partial charge in [-0.25, -0.2) is 0 Å². The van der Waals surface area contributed by atoms with E-state index in [2.05, 4.69) is 16.7 Å². The summed E-state index contributed by atoms with van der Waals surface area (Å²) in [6.07, 6.45) is 3.80. The molecule has 0 aliphatic rings. The third kappa shape index (κ3) is 5.82. The highest BCUT2D eigenvalue weighted by Crippen LogP contribution is 2.13. The molecule has 0 aromatic heterocycles. The van der Waals surface area contributed by atoms with Gasteiger partial charge in [0, 0.05) is 22.9 Å². The molecule has 0 unspecified atom stereocenters. The second-order valence-corrected chi connectivity index (χ2v) is 6.79. The monoisotopic (exact) mass is 361 g/mol. The fraction of sp³-hybridized carbons (Fsp3) is 0.227. The average Bonchev–Trinajstić information content (AvgIpc) is 2.66. The smallest absolute Gasteiger partial charge is 0.251 e. The van der Waals surface area contributed by atoms with Crippen molar-refractivity contribution in [1.82, 2.24) is 5.32 Å². The summed E-state index contributed by atoms with van der Waals surface area (Å²) in [6.45, 7) is 5.95. The standard InChI is InChI=1S/C22H23N3O2/c1-4-22(2,3)25-21(27)17-9-12-19(13-10-17)24-20(26)14-11-16-7-5-6-8-18(16)15-23/h5-14H,4H2,1-3H3,(H,24,26)(H,25,27)/b14-11+. The normalized spacial score (nSPS) is 11.0. The van der Waals surface area contributed by atoms with Gasteiger partial charge in [-0.2, -0.15) is 5.26 Å². The summed E-state index contributed by atoms with van der Waals surface area (Å²) in [6, 6.07) is 15.8. The van der Waals surface area contributed by atoms with Crippen molar-refractivity contribution in [2.75, 3.05) is 5.32 Å². The Morgan fingerprint density at radius 1 is 1.11 bits per heavy atom. The predicted octanol–water partition coefficient (Wildman–Crippen LogP) is 4.13. The lowest BCUT2D eigenvalue weighted by Crippen LogP contribution is -2.42. The van der Waals surface area contributed by atoms with E-state index < -0.39 is 0 Å². The molecule has 0 fully saturated rings. The van der Waals surface area contributed by atoms with E-state index in [0.29, 0.717) is 22.4 Å². The Kier molecular flexibility index (Phi) is 6.51. The highest BCUT2D eigenvalue weighted by Gasteiger charge is 2.18. The molecule has 2 rings (SSSR count). The van der Waals surface area contributed by atoms with Crippen LogP contribution in [-0.4, -0.2) is 17.4 Å². The molecule has 5 nitrogen and oxygen atoms in total. The first-order valence-corrected chi connectivity index (χ1v) is 8.75. The van der Waals surface area contributed by atoms with Crippen LogP contribution in [0.15, 0.2) is 54.6 Å². The van der Waals surface area contributed by atoms with Gasteiger partial charge in [-0.05, 0) is 62.2 Å². The SMILES string of the molecule is CCC(C)(C)NC(=O)c1ccc(NC(=O)/C=C/c2ccccc2C#N)cc1. The molecule has 27 heavy (non-hydrogen) atoms. The third-order valence-corrected chi connectivity index (χ3v) is 4.25. The fourth-order valence-corrected chi connectivity index (χ4v) is 2.27. The van der Waals surface area contributed by atoms with Gasteiger partial charge in [-0.15, -0.1) is 0 Å². The van der Waals surface area contributed by atoms with E-state index in [-0.39, 0.29) is 17.4 Å². The number of rotatable bonds is 6. The number of nitriles is 1. The molecule has 5 heteroatoms. The molecular weight excluding hydrogens is 338 g/mol. The van der Waals surface area contributed by atoms with Gasteiger partial charge in [0.25, 0.3) is 5.91 Å². The van der Waals surface area contributed by atoms with E-state index in [1.165, 1.54) is 6.08 Å². The zero-order valence-electron chi connectivity index (χ0n) is 15.7. The Balaban J connectivity index is 2.00. The second-order valence-electron chi connectivity index (χ2n) is 6.79. The van der Waals surface area contributed by atoms with Crippen LogP contribution >= 0.6 is 0 Å². The van der Waals surface area contributed by atoms with Crippen molar-refractivity contribution in [1.29, 1.82) is 5.26 Å². The van der Waals surface area contributed by atoms with E-state index in [1.54, 1.807) is 48.5 Å². The van der Waals surface area contributed by atoms with Crippen molar-refractivity contribution < 1.29 is 9.59 Å². The second kappa shape index (κ2) is 8.81. The topological polar surface area (TPSA) is 82.0 Å². The van der Waals surface area contributed by atoms with Gasteiger partial charge in [0.2, 0.25) is 5.91 Å². The van der Waals surface area contributed by atoms with Crippen LogP contribution < -0.4 is 10.6 Å². The molecule has 0 aliphatic heterocycles. The summed E-state index contributed by atoms with van der Waals surface area (Å²) in [7, 11) is 0. The number of hydrogen-bond donors (Lipinski definition) is 2. The van der Waals surface area contributed by atoms with Crippen LogP contribution in [0.5, 0.6) is 0 Å². The Bertz CT molecular complexity index is 891. The van der Waals surface area contributed by atoms with Gasteiger partial charge in [0.1, 0.15) is 0 Å². The molecule has 0 saturated carbocycles. The van der Waals surface area contributed by atoms with Gasteiger partial charge < -0.3 is 10.6 Å². The van der Waals surface area contributed by atoms with Crippen LogP contribution in [0.25, 0.3) is 6.08 Å². The summed E-state index contributed by atoms with van der Waals surface area (Å²) in [5.74, 6) is -0.459. The molecule has 0 atom stereocenters. The van der Waals surface area contributed by atoms with Crippen molar-refractivity contribution in [3.05, 3.63) is 71.3 Å². The minimum Gasteiger partial charge on any atom is -0.347 e. The van der Waals surface area contributed by atoms with Gasteiger partial charge in [-0.1, -0.05) is 25.1 Å². The summed E-state index contributed by atoms with van der Waals surface area (Å²) >= 11 is 0. The van der Waals surface area contributed by atoms with E-state index >= 15 is 0 Å². The first kappa shape index (κ1) is 19.9. The maximum absolute atomic E-state index is 12.2. The maximum atomic E-state index is 12.2. The molecule has 0 heterocycles. The first-order chi connectivity index (χ1) is 12.8. The lowest BCUT2D eigenvalue weighted by molar-refractivity contribution is -0.111. The number of nitrogens with zero attached hydrogens (tertiary/aromatic N) is 1. The number of anilines is 1. The minimum atomic E-state index is -0.313. The Morgan fingerprint density at radius 3 is 2.41 bits per heavy atom. The Morgan fingerprint density at radius 2 is 1.78 bits per heavy atom.